The summed E-state index contributed by atoms with van der Waals surface area (Å²) in [6.45, 7) is 5.22. The summed E-state index contributed by atoms with van der Waals surface area (Å²) in [5.74, 6) is -1.26. The van der Waals surface area contributed by atoms with E-state index < -0.39 is 11.8 Å². The molecular formula is C21H25N3O3. The number of carbonyl (C=O) groups excluding carboxylic acids is 2. The van der Waals surface area contributed by atoms with E-state index in [9.17, 15) is 9.59 Å². The molecule has 1 aliphatic rings. The third-order valence-corrected chi connectivity index (χ3v) is 4.64. The first kappa shape index (κ1) is 19.1. The van der Waals surface area contributed by atoms with E-state index in [1.54, 1.807) is 6.07 Å². The molecule has 2 aromatic carbocycles. The molecule has 2 N–H and O–H groups in total. The van der Waals surface area contributed by atoms with Gasteiger partial charge in [0.15, 0.2) is 0 Å². The monoisotopic (exact) mass is 367 g/mol. The molecule has 2 aromatic rings. The van der Waals surface area contributed by atoms with Crippen LogP contribution >= 0.6 is 0 Å². The predicted octanol–water partition coefficient (Wildman–Crippen LogP) is 2.12. The van der Waals surface area contributed by atoms with Gasteiger partial charge in [0, 0.05) is 31.9 Å². The minimum atomic E-state index is -0.645. The maximum absolute atomic E-state index is 12.0. The van der Waals surface area contributed by atoms with Gasteiger partial charge in [-0.15, -0.1) is 0 Å². The number of hydrogen-bond donors (Lipinski definition) is 2. The largest absolute Gasteiger partial charge is 0.371 e. The molecule has 0 aliphatic carbocycles. The number of carbonyl (C=O) groups is 2. The Hall–Kier alpha value is -2.70. The molecule has 3 rings (SSSR count). The van der Waals surface area contributed by atoms with E-state index in [1.165, 1.54) is 0 Å². The summed E-state index contributed by atoms with van der Waals surface area (Å²) in [6, 6.07) is 17.5. The zero-order chi connectivity index (χ0) is 19.1. The van der Waals surface area contributed by atoms with E-state index in [-0.39, 0.29) is 6.10 Å². The molecule has 1 aliphatic heterocycles. The summed E-state index contributed by atoms with van der Waals surface area (Å²) in [4.78, 5) is 26.3. The first-order chi connectivity index (χ1) is 13.1. The molecule has 0 saturated carbocycles. The van der Waals surface area contributed by atoms with Crippen molar-refractivity contribution >= 4 is 17.5 Å². The van der Waals surface area contributed by atoms with Gasteiger partial charge in [0.25, 0.3) is 0 Å². The molecule has 0 bridgehead atoms. The van der Waals surface area contributed by atoms with Gasteiger partial charge in [0.05, 0.1) is 12.7 Å². The van der Waals surface area contributed by atoms with Crippen LogP contribution in [0.1, 0.15) is 17.2 Å². The van der Waals surface area contributed by atoms with Gasteiger partial charge in [0.2, 0.25) is 0 Å². The standard InChI is InChI=1S/C21H25N3O3/c1-16-7-5-6-10-18(16)23-21(26)20(25)22-11-12-24-13-14-27-19(15-24)17-8-3-2-4-9-17/h2-10,19H,11-15H2,1H3,(H,22,25)(H,23,26). The van der Waals surface area contributed by atoms with Gasteiger partial charge < -0.3 is 15.4 Å². The lowest BCUT2D eigenvalue weighted by Crippen LogP contribution is -2.44. The molecule has 0 aromatic heterocycles. The summed E-state index contributed by atoms with van der Waals surface area (Å²) in [5, 5.41) is 5.33. The van der Waals surface area contributed by atoms with E-state index in [0.29, 0.717) is 25.4 Å². The zero-order valence-electron chi connectivity index (χ0n) is 15.5. The SMILES string of the molecule is Cc1ccccc1NC(=O)C(=O)NCCN1CCOC(c2ccccc2)C1. The number of amides is 2. The van der Waals surface area contributed by atoms with E-state index in [2.05, 4.69) is 27.7 Å². The first-order valence-electron chi connectivity index (χ1n) is 9.17. The van der Waals surface area contributed by atoms with Crippen molar-refractivity contribution in [3.05, 3.63) is 65.7 Å². The number of rotatable bonds is 5. The molecule has 2 amide bonds. The summed E-state index contributed by atoms with van der Waals surface area (Å²) < 4.78 is 5.84. The molecule has 0 radical (unpaired) electrons. The van der Waals surface area contributed by atoms with Crippen LogP contribution in [0, 0.1) is 6.92 Å². The van der Waals surface area contributed by atoms with E-state index >= 15 is 0 Å². The summed E-state index contributed by atoms with van der Waals surface area (Å²) >= 11 is 0. The Morgan fingerprint density at radius 2 is 1.81 bits per heavy atom. The number of hydrogen-bond acceptors (Lipinski definition) is 4. The minimum Gasteiger partial charge on any atom is -0.371 e. The quantitative estimate of drug-likeness (QED) is 0.795. The molecule has 142 valence electrons. The number of ether oxygens (including phenoxy) is 1. The smallest absolute Gasteiger partial charge is 0.313 e. The van der Waals surface area contributed by atoms with Crippen molar-refractivity contribution in [2.75, 3.05) is 38.1 Å². The van der Waals surface area contributed by atoms with Gasteiger partial charge in [0.1, 0.15) is 0 Å². The second-order valence-corrected chi connectivity index (χ2v) is 6.60. The number of benzene rings is 2. The van der Waals surface area contributed by atoms with Crippen LogP contribution < -0.4 is 10.6 Å². The fourth-order valence-electron chi connectivity index (χ4n) is 3.08. The van der Waals surface area contributed by atoms with E-state index in [0.717, 1.165) is 24.2 Å². The Morgan fingerprint density at radius 3 is 2.59 bits per heavy atom. The molecule has 0 spiro atoms. The third kappa shape index (κ3) is 5.39. The van der Waals surface area contributed by atoms with Gasteiger partial charge in [-0.05, 0) is 24.1 Å². The van der Waals surface area contributed by atoms with Crippen LogP contribution in [-0.4, -0.2) is 49.5 Å². The van der Waals surface area contributed by atoms with Gasteiger partial charge in [-0.3, -0.25) is 14.5 Å². The minimum absolute atomic E-state index is 0.0417. The predicted molar refractivity (Wildman–Crippen MR) is 104 cm³/mol. The fourth-order valence-corrected chi connectivity index (χ4v) is 3.08. The van der Waals surface area contributed by atoms with Crippen LogP contribution in [0.25, 0.3) is 0 Å². The molecule has 6 nitrogen and oxygen atoms in total. The average molecular weight is 367 g/mol. The highest BCUT2D eigenvalue weighted by Crippen LogP contribution is 2.21. The fraction of sp³-hybridized carbons (Fsp3) is 0.333. The molecule has 1 unspecified atom stereocenters. The average Bonchev–Trinajstić information content (AvgIpc) is 2.70. The van der Waals surface area contributed by atoms with Crippen molar-refractivity contribution in [2.24, 2.45) is 0 Å². The number of para-hydroxylation sites is 1. The number of morpholine rings is 1. The highest BCUT2D eigenvalue weighted by atomic mass is 16.5. The number of nitrogens with zero attached hydrogens (tertiary/aromatic N) is 1. The van der Waals surface area contributed by atoms with Crippen LogP contribution in [-0.2, 0) is 14.3 Å². The summed E-state index contributed by atoms with van der Waals surface area (Å²) in [5.41, 5.74) is 2.72. The van der Waals surface area contributed by atoms with Crippen LogP contribution in [0.3, 0.4) is 0 Å². The van der Waals surface area contributed by atoms with Crippen LogP contribution in [0.15, 0.2) is 54.6 Å². The summed E-state index contributed by atoms with van der Waals surface area (Å²) in [7, 11) is 0. The lowest BCUT2D eigenvalue weighted by atomic mass is 10.1. The second-order valence-electron chi connectivity index (χ2n) is 6.60. The lowest BCUT2D eigenvalue weighted by molar-refractivity contribution is -0.136. The lowest BCUT2D eigenvalue weighted by Gasteiger charge is -2.33. The van der Waals surface area contributed by atoms with Gasteiger partial charge in [-0.25, -0.2) is 0 Å². The highest BCUT2D eigenvalue weighted by Gasteiger charge is 2.22. The number of aryl methyl sites for hydroxylation is 1. The summed E-state index contributed by atoms with van der Waals surface area (Å²) in [6.07, 6.45) is 0.0417. The zero-order valence-corrected chi connectivity index (χ0v) is 15.5. The van der Waals surface area contributed by atoms with Crippen molar-refractivity contribution < 1.29 is 14.3 Å². The van der Waals surface area contributed by atoms with Crippen LogP contribution in [0.2, 0.25) is 0 Å². The van der Waals surface area contributed by atoms with Crippen molar-refractivity contribution in [3.63, 3.8) is 0 Å². The third-order valence-electron chi connectivity index (χ3n) is 4.64. The Bertz CT molecular complexity index is 779. The Morgan fingerprint density at radius 1 is 1.07 bits per heavy atom. The van der Waals surface area contributed by atoms with E-state index in [4.69, 9.17) is 4.74 Å². The Labute approximate surface area is 159 Å². The maximum Gasteiger partial charge on any atom is 0.313 e. The molecule has 1 atom stereocenters. The molecule has 1 heterocycles. The molecular weight excluding hydrogens is 342 g/mol. The highest BCUT2D eigenvalue weighted by molar-refractivity contribution is 6.39. The maximum atomic E-state index is 12.0. The van der Waals surface area contributed by atoms with Crippen molar-refractivity contribution in [2.45, 2.75) is 13.0 Å². The first-order valence-corrected chi connectivity index (χ1v) is 9.17. The molecule has 27 heavy (non-hydrogen) atoms. The van der Waals surface area contributed by atoms with Crippen molar-refractivity contribution in [1.82, 2.24) is 10.2 Å². The topological polar surface area (TPSA) is 70.7 Å². The molecule has 1 saturated heterocycles. The normalized spacial score (nSPS) is 17.3. The van der Waals surface area contributed by atoms with Crippen molar-refractivity contribution in [3.8, 4) is 0 Å². The van der Waals surface area contributed by atoms with Crippen molar-refractivity contribution in [1.29, 1.82) is 0 Å². The molecule has 6 heteroatoms. The van der Waals surface area contributed by atoms with Crippen LogP contribution in [0.5, 0.6) is 0 Å². The van der Waals surface area contributed by atoms with Gasteiger partial charge in [-0.2, -0.15) is 0 Å². The Kier molecular flexibility index (Phi) is 6.57. The van der Waals surface area contributed by atoms with Crippen LogP contribution in [0.4, 0.5) is 5.69 Å². The molecule has 1 fully saturated rings. The number of nitrogens with one attached hydrogen (secondary N) is 2. The van der Waals surface area contributed by atoms with Gasteiger partial charge >= 0.3 is 11.8 Å². The second kappa shape index (κ2) is 9.30. The Balaban J connectivity index is 1.43. The van der Waals surface area contributed by atoms with E-state index in [1.807, 2.05) is 43.3 Å². The number of anilines is 1. The van der Waals surface area contributed by atoms with Gasteiger partial charge in [-0.1, -0.05) is 48.5 Å².